The van der Waals surface area contributed by atoms with E-state index in [2.05, 4.69) is 24.4 Å². The van der Waals surface area contributed by atoms with Crippen molar-refractivity contribution >= 4 is 17.4 Å². The lowest BCUT2D eigenvalue weighted by Crippen LogP contribution is -2.29. The van der Waals surface area contributed by atoms with Crippen LogP contribution < -0.4 is 5.32 Å². The molecule has 0 aromatic carbocycles. The summed E-state index contributed by atoms with van der Waals surface area (Å²) in [7, 11) is 0. The van der Waals surface area contributed by atoms with Crippen LogP contribution in [0.2, 0.25) is 0 Å². The number of ether oxygens (including phenoxy) is 1. The van der Waals surface area contributed by atoms with Crippen LogP contribution in [0.3, 0.4) is 0 Å². The molecule has 0 aromatic heterocycles. The van der Waals surface area contributed by atoms with E-state index in [0.29, 0.717) is 5.17 Å². The van der Waals surface area contributed by atoms with Crippen molar-refractivity contribution in [2.75, 3.05) is 6.54 Å². The van der Waals surface area contributed by atoms with Gasteiger partial charge in [0.1, 0.15) is 6.10 Å². The molecule has 1 N–H and O–H groups in total. The molecule has 0 fully saturated rings. The molecule has 0 saturated carbocycles. The first-order chi connectivity index (χ1) is 6.83. The third-order valence-corrected chi connectivity index (χ3v) is 2.51. The topological polar surface area (TPSA) is 21.3 Å². The van der Waals surface area contributed by atoms with Crippen LogP contribution in [0.4, 0.5) is 0 Å². The number of thiocarbonyl (C=S) groups is 1. The highest BCUT2D eigenvalue weighted by molar-refractivity contribution is 7.80. The normalized spacial score (nSPS) is 20.5. The summed E-state index contributed by atoms with van der Waals surface area (Å²) in [6.07, 6.45) is 10.3. The van der Waals surface area contributed by atoms with E-state index in [1.807, 2.05) is 0 Å². The first-order valence-corrected chi connectivity index (χ1v) is 5.85. The molecular weight excluding hydrogens is 194 g/mol. The third kappa shape index (κ3) is 4.61. The minimum absolute atomic E-state index is 0.199. The molecule has 14 heavy (non-hydrogen) atoms. The summed E-state index contributed by atoms with van der Waals surface area (Å²) in [6.45, 7) is 3.08. The number of rotatable bonds is 4. The molecule has 0 radical (unpaired) electrons. The number of nitrogens with one attached hydrogen (secondary N) is 1. The quantitative estimate of drug-likeness (QED) is 0.441. The lowest BCUT2D eigenvalue weighted by molar-refractivity contribution is 0.213. The largest absolute Gasteiger partial charge is 0.464 e. The van der Waals surface area contributed by atoms with Crippen molar-refractivity contribution in [3.63, 3.8) is 0 Å². The molecule has 0 saturated heterocycles. The molecule has 0 aromatic rings. The van der Waals surface area contributed by atoms with Gasteiger partial charge in [-0.15, -0.1) is 0 Å². The third-order valence-electron chi connectivity index (χ3n) is 2.27. The number of hydrogen-bond acceptors (Lipinski definition) is 2. The summed E-state index contributed by atoms with van der Waals surface area (Å²) in [4.78, 5) is 0. The molecule has 1 aliphatic rings. The smallest absolute Gasteiger partial charge is 0.257 e. The van der Waals surface area contributed by atoms with Gasteiger partial charge in [-0.3, -0.25) is 0 Å². The first kappa shape index (κ1) is 11.5. The van der Waals surface area contributed by atoms with Crippen molar-refractivity contribution < 1.29 is 4.74 Å². The summed E-state index contributed by atoms with van der Waals surface area (Å²) in [5, 5.41) is 3.66. The van der Waals surface area contributed by atoms with Crippen molar-refractivity contribution in [1.29, 1.82) is 0 Å². The van der Waals surface area contributed by atoms with Crippen LogP contribution in [0, 0.1) is 0 Å². The van der Waals surface area contributed by atoms with Gasteiger partial charge in [-0.2, -0.15) is 0 Å². The summed E-state index contributed by atoms with van der Waals surface area (Å²) in [5.74, 6) is 0. The monoisotopic (exact) mass is 213 g/mol. The van der Waals surface area contributed by atoms with E-state index in [0.717, 1.165) is 19.4 Å². The molecule has 1 aliphatic carbocycles. The molecule has 0 amide bonds. The molecular formula is C11H19NOS. The Balaban J connectivity index is 2.12. The molecule has 0 spiro atoms. The Morgan fingerprint density at radius 1 is 1.64 bits per heavy atom. The Kier molecular flexibility index (Phi) is 5.60. The van der Waals surface area contributed by atoms with Crippen LogP contribution in [0.5, 0.6) is 0 Å². The van der Waals surface area contributed by atoms with E-state index >= 15 is 0 Å². The highest BCUT2D eigenvalue weighted by atomic mass is 32.1. The van der Waals surface area contributed by atoms with Gasteiger partial charge in [0.05, 0.1) is 0 Å². The molecule has 3 heteroatoms. The molecule has 80 valence electrons. The lowest BCUT2D eigenvalue weighted by Gasteiger charge is -2.19. The second-order valence-corrected chi connectivity index (χ2v) is 3.95. The van der Waals surface area contributed by atoms with Crippen LogP contribution in [-0.4, -0.2) is 17.8 Å². The lowest BCUT2D eigenvalue weighted by atomic mass is 10.1. The Labute approximate surface area is 91.7 Å². The summed E-state index contributed by atoms with van der Waals surface area (Å²) in [6, 6.07) is 0. The van der Waals surface area contributed by atoms with Crippen molar-refractivity contribution in [2.45, 2.75) is 45.1 Å². The summed E-state index contributed by atoms with van der Waals surface area (Å²) >= 11 is 5.08. The van der Waals surface area contributed by atoms with Gasteiger partial charge >= 0.3 is 0 Å². The average molecular weight is 213 g/mol. The first-order valence-electron chi connectivity index (χ1n) is 5.44. The van der Waals surface area contributed by atoms with Crippen molar-refractivity contribution in [3.05, 3.63) is 12.2 Å². The van der Waals surface area contributed by atoms with Gasteiger partial charge in [0.25, 0.3) is 5.17 Å². The molecule has 1 rings (SSSR count). The average Bonchev–Trinajstić information content (AvgIpc) is 2.20. The van der Waals surface area contributed by atoms with E-state index in [-0.39, 0.29) is 6.10 Å². The van der Waals surface area contributed by atoms with Gasteiger partial charge in [-0.1, -0.05) is 19.4 Å². The number of allylic oxidation sites excluding steroid dienone is 1. The standard InChI is InChI=1S/C11H19NOS/c1-2-3-9-12-11(14)13-10-7-5-4-6-8-10/h5,7,10H,2-4,6,8-9H2,1H3,(H,12,14)/t10-/m1/s1. The summed E-state index contributed by atoms with van der Waals surface area (Å²) < 4.78 is 5.57. The maximum absolute atomic E-state index is 5.57. The fraction of sp³-hybridized carbons (Fsp3) is 0.727. The van der Waals surface area contributed by atoms with Gasteiger partial charge in [0.15, 0.2) is 0 Å². The zero-order valence-corrected chi connectivity index (χ0v) is 9.61. The van der Waals surface area contributed by atoms with E-state index < -0.39 is 0 Å². The Morgan fingerprint density at radius 3 is 3.14 bits per heavy atom. The maximum Gasteiger partial charge on any atom is 0.257 e. The molecule has 1 atom stereocenters. The Morgan fingerprint density at radius 2 is 2.50 bits per heavy atom. The van der Waals surface area contributed by atoms with E-state index in [1.165, 1.54) is 19.3 Å². The molecule has 0 unspecified atom stereocenters. The van der Waals surface area contributed by atoms with Crippen LogP contribution in [-0.2, 0) is 4.74 Å². The predicted molar refractivity (Wildman–Crippen MR) is 63.4 cm³/mol. The zero-order chi connectivity index (χ0) is 10.2. The van der Waals surface area contributed by atoms with Crippen LogP contribution >= 0.6 is 12.2 Å². The highest BCUT2D eigenvalue weighted by Crippen LogP contribution is 2.13. The minimum Gasteiger partial charge on any atom is -0.464 e. The maximum atomic E-state index is 5.57. The van der Waals surface area contributed by atoms with Crippen LogP contribution in [0.1, 0.15) is 39.0 Å². The number of hydrogen-bond donors (Lipinski definition) is 1. The molecule has 2 nitrogen and oxygen atoms in total. The molecule has 0 bridgehead atoms. The van der Waals surface area contributed by atoms with E-state index in [4.69, 9.17) is 17.0 Å². The SMILES string of the molecule is CCCCNC(=S)O[C@@H]1C=CCCC1. The van der Waals surface area contributed by atoms with Gasteiger partial charge in [0.2, 0.25) is 0 Å². The summed E-state index contributed by atoms with van der Waals surface area (Å²) in [5.41, 5.74) is 0. The fourth-order valence-corrected chi connectivity index (χ4v) is 1.65. The van der Waals surface area contributed by atoms with Crippen molar-refractivity contribution in [2.24, 2.45) is 0 Å². The predicted octanol–water partition coefficient (Wildman–Crippen LogP) is 2.79. The highest BCUT2D eigenvalue weighted by Gasteiger charge is 2.10. The van der Waals surface area contributed by atoms with Gasteiger partial charge < -0.3 is 10.1 Å². The van der Waals surface area contributed by atoms with Gasteiger partial charge in [0, 0.05) is 6.54 Å². The zero-order valence-electron chi connectivity index (χ0n) is 8.79. The van der Waals surface area contributed by atoms with Crippen LogP contribution in [0.15, 0.2) is 12.2 Å². The fourth-order valence-electron chi connectivity index (χ4n) is 1.43. The van der Waals surface area contributed by atoms with Crippen molar-refractivity contribution in [3.8, 4) is 0 Å². The van der Waals surface area contributed by atoms with Gasteiger partial charge in [-0.05, 0) is 44.0 Å². The van der Waals surface area contributed by atoms with Gasteiger partial charge in [-0.25, -0.2) is 0 Å². The Bertz CT molecular complexity index is 203. The minimum atomic E-state index is 0.199. The molecule has 0 aliphatic heterocycles. The van der Waals surface area contributed by atoms with E-state index in [9.17, 15) is 0 Å². The second kappa shape index (κ2) is 6.82. The molecule has 0 heterocycles. The van der Waals surface area contributed by atoms with Crippen molar-refractivity contribution in [1.82, 2.24) is 5.32 Å². The Hall–Kier alpha value is -0.570. The van der Waals surface area contributed by atoms with E-state index in [1.54, 1.807) is 0 Å². The van der Waals surface area contributed by atoms with Crippen LogP contribution in [0.25, 0.3) is 0 Å². The second-order valence-electron chi connectivity index (χ2n) is 3.58. The number of unbranched alkanes of at least 4 members (excludes halogenated alkanes) is 1.